The summed E-state index contributed by atoms with van der Waals surface area (Å²) in [6.07, 6.45) is 7.11. The maximum atomic E-state index is 13.7. The topological polar surface area (TPSA) is 249 Å². The monoisotopic (exact) mass is 1160 g/mol. The Kier molecular flexibility index (Phi) is 19.9. The van der Waals surface area contributed by atoms with Gasteiger partial charge in [0.05, 0.1) is 59.3 Å². The lowest BCUT2D eigenvalue weighted by Gasteiger charge is -2.40. The SMILES string of the molecule is COc1ccc(OC2CCN(C(=O)c3ccc(C(=O)NC4CCN(Cc5ccc(C#N)cc5)CC4)cn3)CC2)c(N(C)CC(c2ccc(C#N)cc2)N2CCC(NC(=O)c3ccc(C(=O)NC4CCN(Cc5ccc(C#N)cc5)CC4)nn3)CC2)c1. The highest BCUT2D eigenvalue weighted by Crippen LogP contribution is 2.37. The van der Waals surface area contributed by atoms with Crippen molar-refractivity contribution in [3.8, 4) is 29.7 Å². The van der Waals surface area contributed by atoms with Crippen molar-refractivity contribution in [2.75, 3.05) is 78.0 Å². The molecule has 0 radical (unpaired) electrons. The summed E-state index contributed by atoms with van der Waals surface area (Å²) < 4.78 is 12.5. The maximum Gasteiger partial charge on any atom is 0.272 e. The van der Waals surface area contributed by atoms with Crippen LogP contribution < -0.4 is 30.3 Å². The fourth-order valence-corrected chi connectivity index (χ4v) is 11.8. The number of likely N-dealkylation sites (N-methyl/N-ethyl adjacent to an activating group) is 1. The normalized spacial score (nSPS) is 17.0. The van der Waals surface area contributed by atoms with E-state index < -0.39 is 0 Å². The van der Waals surface area contributed by atoms with Gasteiger partial charge in [-0.1, -0.05) is 36.4 Å². The molecule has 3 N–H and O–H groups in total. The predicted octanol–water partition coefficient (Wildman–Crippen LogP) is 7.04. The van der Waals surface area contributed by atoms with E-state index in [9.17, 15) is 24.4 Å². The molecule has 4 aromatic carbocycles. The third-order valence-electron chi connectivity index (χ3n) is 17.0. The summed E-state index contributed by atoms with van der Waals surface area (Å²) in [6.45, 7) is 7.79. The molecule has 442 valence electrons. The second-order valence-corrected chi connectivity index (χ2v) is 22.8. The first-order valence-electron chi connectivity index (χ1n) is 29.6. The van der Waals surface area contributed by atoms with Gasteiger partial charge < -0.3 is 35.2 Å². The first kappa shape index (κ1) is 59.9. The minimum absolute atomic E-state index is 0.00255. The zero-order valence-electron chi connectivity index (χ0n) is 48.7. The van der Waals surface area contributed by atoms with Crippen molar-refractivity contribution in [1.29, 1.82) is 15.8 Å². The van der Waals surface area contributed by atoms with Gasteiger partial charge in [-0.15, -0.1) is 10.2 Å². The third-order valence-corrected chi connectivity index (χ3v) is 17.0. The number of aromatic nitrogens is 3. The Morgan fingerprint density at radius 3 is 1.52 bits per heavy atom. The Bertz CT molecular complexity index is 3420. The van der Waals surface area contributed by atoms with Gasteiger partial charge in [0, 0.05) is 122 Å². The number of benzene rings is 4. The molecule has 10 rings (SSSR count). The first-order valence-corrected chi connectivity index (χ1v) is 29.6. The van der Waals surface area contributed by atoms with E-state index in [2.05, 4.69) is 68.9 Å². The number of likely N-dealkylation sites (tertiary alicyclic amines) is 4. The summed E-state index contributed by atoms with van der Waals surface area (Å²) >= 11 is 0. The number of hydrogen-bond donors (Lipinski definition) is 3. The summed E-state index contributed by atoms with van der Waals surface area (Å²) in [7, 11) is 3.66. The molecule has 86 heavy (non-hydrogen) atoms. The Morgan fingerprint density at radius 2 is 1.06 bits per heavy atom. The summed E-state index contributed by atoms with van der Waals surface area (Å²) in [5.41, 5.74) is 7.01. The van der Waals surface area contributed by atoms with E-state index in [0.29, 0.717) is 92.2 Å². The van der Waals surface area contributed by atoms with Crippen molar-refractivity contribution in [2.45, 2.75) is 94.7 Å². The third kappa shape index (κ3) is 15.5. The van der Waals surface area contributed by atoms with Crippen LogP contribution in [0.15, 0.2) is 121 Å². The molecule has 1 atom stereocenters. The van der Waals surface area contributed by atoms with Gasteiger partial charge in [0.15, 0.2) is 11.4 Å². The quantitative estimate of drug-likeness (QED) is 0.0736. The highest BCUT2D eigenvalue weighted by atomic mass is 16.5. The second-order valence-electron chi connectivity index (χ2n) is 22.8. The molecule has 4 aliphatic rings. The van der Waals surface area contributed by atoms with E-state index in [1.165, 1.54) is 6.20 Å². The van der Waals surface area contributed by atoms with Crippen molar-refractivity contribution in [2.24, 2.45) is 0 Å². The maximum absolute atomic E-state index is 13.7. The van der Waals surface area contributed by atoms with Gasteiger partial charge in [0.1, 0.15) is 23.3 Å². The van der Waals surface area contributed by atoms with E-state index >= 15 is 0 Å². The first-order chi connectivity index (χ1) is 41.9. The summed E-state index contributed by atoms with van der Waals surface area (Å²) in [5, 5.41) is 45.5. The van der Waals surface area contributed by atoms with Crippen molar-refractivity contribution in [1.82, 2.24) is 50.7 Å². The molecule has 4 aliphatic heterocycles. The number of methoxy groups -OCH3 is 1. The molecule has 0 spiro atoms. The zero-order valence-corrected chi connectivity index (χ0v) is 48.7. The highest BCUT2D eigenvalue weighted by molar-refractivity contribution is 5.97. The minimum atomic E-state index is -0.352. The van der Waals surface area contributed by atoms with Crippen LogP contribution in [0, 0.1) is 34.0 Å². The summed E-state index contributed by atoms with van der Waals surface area (Å²) in [5.74, 6) is 0.281. The molecule has 20 heteroatoms. The number of rotatable bonds is 19. The fraction of sp³-hybridized carbons (Fsp3) is 0.394. The lowest BCUT2D eigenvalue weighted by Crippen LogP contribution is -2.47. The van der Waals surface area contributed by atoms with Gasteiger partial charge in [0.2, 0.25) is 0 Å². The van der Waals surface area contributed by atoms with Crippen LogP contribution in [0.25, 0.3) is 0 Å². The van der Waals surface area contributed by atoms with Gasteiger partial charge in [0.25, 0.3) is 23.6 Å². The Balaban J connectivity index is 0.688. The van der Waals surface area contributed by atoms with Gasteiger partial charge in [-0.25, -0.2) is 0 Å². The molecule has 6 heterocycles. The molecule has 0 aliphatic carbocycles. The largest absolute Gasteiger partial charge is 0.497 e. The predicted molar refractivity (Wildman–Crippen MR) is 322 cm³/mol. The number of carbonyl (C=O) groups is 4. The zero-order chi connectivity index (χ0) is 59.9. The van der Waals surface area contributed by atoms with E-state index in [1.807, 2.05) is 98.0 Å². The molecule has 4 saturated heterocycles. The minimum Gasteiger partial charge on any atom is -0.497 e. The smallest absolute Gasteiger partial charge is 0.272 e. The number of carbonyl (C=O) groups excluding carboxylic acids is 4. The molecule has 4 amide bonds. The van der Waals surface area contributed by atoms with Gasteiger partial charge in [-0.2, -0.15) is 15.8 Å². The summed E-state index contributed by atoms with van der Waals surface area (Å²) in [4.78, 5) is 69.2. The molecule has 0 bridgehead atoms. The van der Waals surface area contributed by atoms with Gasteiger partial charge in [-0.05, 0) is 128 Å². The van der Waals surface area contributed by atoms with E-state index in [-0.39, 0.29) is 71.0 Å². The molecule has 1 unspecified atom stereocenters. The average molecular weight is 1160 g/mol. The number of amides is 4. The van der Waals surface area contributed by atoms with Gasteiger partial charge in [-0.3, -0.25) is 38.9 Å². The number of anilines is 1. The Morgan fingerprint density at radius 1 is 0.581 bits per heavy atom. The van der Waals surface area contributed by atoms with Crippen LogP contribution in [0.2, 0.25) is 0 Å². The summed E-state index contributed by atoms with van der Waals surface area (Å²) in [6, 6.07) is 41.5. The lowest BCUT2D eigenvalue weighted by atomic mass is 9.97. The molecule has 2 aromatic heterocycles. The van der Waals surface area contributed by atoms with E-state index in [0.717, 1.165) is 87.3 Å². The van der Waals surface area contributed by atoms with E-state index in [4.69, 9.17) is 20.0 Å². The standard InChI is InChI=1S/C66H72N14O6/c1-76(60-37-56(85-2)16-20-62(60)86-55-27-35-80(36-28-55)66(84)59-17-15-51(41-70-59)63(81)71-52-21-29-77(30-22-52)42-48-7-3-45(38-67)4-8-48)44-61(50-13-11-47(40-69)12-14-50)79-33-25-54(26-34-79)73-65(83)58-19-18-57(74-75-58)64(82)72-53-23-31-78(32-24-53)43-49-9-5-46(39-68)6-10-49/h3-20,37,41,52-55,61H,21-36,42-44H2,1-2H3,(H,71,81)(H,72,82)(H,73,83). The van der Waals surface area contributed by atoms with Crippen LogP contribution in [0.1, 0.15) is 133 Å². The van der Waals surface area contributed by atoms with Gasteiger partial charge >= 0.3 is 0 Å². The second kappa shape index (κ2) is 28.5. The van der Waals surface area contributed by atoms with Crippen LogP contribution in [0.5, 0.6) is 11.5 Å². The molecule has 6 aromatic rings. The highest BCUT2D eigenvalue weighted by Gasteiger charge is 2.32. The molecule has 20 nitrogen and oxygen atoms in total. The van der Waals surface area contributed by atoms with Crippen LogP contribution in [-0.4, -0.2) is 156 Å². The number of nitrogens with zero attached hydrogens (tertiary/aromatic N) is 11. The Hall–Kier alpha value is -9.26. The van der Waals surface area contributed by atoms with Crippen LogP contribution >= 0.6 is 0 Å². The van der Waals surface area contributed by atoms with Crippen LogP contribution in [0.4, 0.5) is 5.69 Å². The van der Waals surface area contributed by atoms with Crippen molar-refractivity contribution in [3.63, 3.8) is 0 Å². The fourth-order valence-electron chi connectivity index (χ4n) is 11.8. The average Bonchev–Trinajstić information content (AvgIpc) is 3.54. The number of piperidine rings is 4. The van der Waals surface area contributed by atoms with Crippen LogP contribution in [-0.2, 0) is 13.1 Å². The van der Waals surface area contributed by atoms with Crippen molar-refractivity contribution in [3.05, 3.63) is 177 Å². The van der Waals surface area contributed by atoms with Crippen molar-refractivity contribution >= 4 is 29.3 Å². The number of pyridine rings is 1. The molecule has 0 saturated carbocycles. The van der Waals surface area contributed by atoms with Crippen LogP contribution in [0.3, 0.4) is 0 Å². The number of hydrogen-bond acceptors (Lipinski definition) is 16. The number of ether oxygens (including phenoxy) is 2. The Labute approximate surface area is 502 Å². The molecular formula is C66H72N14O6. The number of nitriles is 3. The van der Waals surface area contributed by atoms with E-state index in [1.54, 1.807) is 36.3 Å². The molecular weight excluding hydrogens is 1080 g/mol. The number of nitrogens with one attached hydrogen (secondary N) is 3. The molecule has 4 fully saturated rings. The van der Waals surface area contributed by atoms with Crippen molar-refractivity contribution < 1.29 is 28.7 Å². The lowest BCUT2D eigenvalue weighted by molar-refractivity contribution is 0.0589.